The van der Waals surface area contributed by atoms with E-state index in [4.69, 9.17) is 4.52 Å². The van der Waals surface area contributed by atoms with E-state index in [9.17, 15) is 4.79 Å². The molecule has 0 spiro atoms. The lowest BCUT2D eigenvalue weighted by atomic mass is 10.1. The van der Waals surface area contributed by atoms with Crippen LogP contribution in [-0.4, -0.2) is 32.5 Å². The van der Waals surface area contributed by atoms with Crippen molar-refractivity contribution in [2.24, 2.45) is 0 Å². The average molecular weight is 348 g/mol. The molecule has 3 aromatic rings. The molecule has 132 valence electrons. The normalized spacial score (nSPS) is 17.0. The molecule has 0 aliphatic carbocycles. The Labute approximate surface area is 151 Å². The van der Waals surface area contributed by atoms with Crippen LogP contribution in [0.5, 0.6) is 0 Å². The van der Waals surface area contributed by atoms with Crippen LogP contribution in [0, 0.1) is 0 Å². The third kappa shape index (κ3) is 3.35. The zero-order valence-corrected chi connectivity index (χ0v) is 14.6. The minimum absolute atomic E-state index is 0.0429. The molecular weight excluding hydrogens is 328 g/mol. The molecule has 6 nitrogen and oxygen atoms in total. The summed E-state index contributed by atoms with van der Waals surface area (Å²) in [6.07, 6.45) is 3.11. The molecule has 0 N–H and O–H groups in total. The van der Waals surface area contributed by atoms with Gasteiger partial charge in [-0.15, -0.1) is 0 Å². The number of likely N-dealkylation sites (tertiary alicyclic amines) is 1. The molecule has 2 aromatic heterocycles. The van der Waals surface area contributed by atoms with E-state index in [2.05, 4.69) is 46.3 Å². The van der Waals surface area contributed by atoms with E-state index in [1.165, 1.54) is 5.56 Å². The largest absolute Gasteiger partial charge is 0.338 e. The monoisotopic (exact) mass is 348 g/mol. The van der Waals surface area contributed by atoms with Gasteiger partial charge in [-0.1, -0.05) is 42.4 Å². The Morgan fingerprint density at radius 3 is 2.69 bits per heavy atom. The van der Waals surface area contributed by atoms with Crippen molar-refractivity contribution in [1.29, 1.82) is 0 Å². The summed E-state index contributed by atoms with van der Waals surface area (Å²) in [4.78, 5) is 22.9. The summed E-state index contributed by atoms with van der Waals surface area (Å²) >= 11 is 0. The molecule has 4 rings (SSSR count). The van der Waals surface area contributed by atoms with E-state index in [1.54, 1.807) is 6.20 Å². The molecule has 1 unspecified atom stereocenters. The summed E-state index contributed by atoms with van der Waals surface area (Å²) < 4.78 is 5.32. The number of hydrogen-bond donors (Lipinski definition) is 0. The zero-order valence-electron chi connectivity index (χ0n) is 14.6. The third-order valence-corrected chi connectivity index (χ3v) is 4.71. The number of amides is 1. The van der Waals surface area contributed by atoms with Gasteiger partial charge < -0.3 is 9.42 Å². The quantitative estimate of drug-likeness (QED) is 0.708. The first-order valence-electron chi connectivity index (χ1n) is 8.83. The number of nitrogens with zero attached hydrogens (tertiary/aromatic N) is 4. The number of benzene rings is 1. The molecule has 0 radical (unpaired) electrons. The Hall–Kier alpha value is -3.02. The summed E-state index contributed by atoms with van der Waals surface area (Å²) in [6.45, 7) is 3.35. The maximum Gasteiger partial charge on any atom is 0.276 e. The Morgan fingerprint density at radius 1 is 1.15 bits per heavy atom. The van der Waals surface area contributed by atoms with E-state index in [0.717, 1.165) is 12.0 Å². The first-order valence-corrected chi connectivity index (χ1v) is 8.83. The molecule has 3 heterocycles. The van der Waals surface area contributed by atoms with E-state index < -0.39 is 0 Å². The number of aryl methyl sites for hydroxylation is 1. The van der Waals surface area contributed by atoms with Gasteiger partial charge >= 0.3 is 0 Å². The van der Waals surface area contributed by atoms with Crippen LogP contribution in [0.1, 0.15) is 36.2 Å². The van der Waals surface area contributed by atoms with Crippen molar-refractivity contribution in [3.05, 3.63) is 65.6 Å². The highest BCUT2D eigenvalue weighted by Crippen LogP contribution is 2.28. The highest BCUT2D eigenvalue weighted by atomic mass is 16.5. The number of pyridine rings is 1. The first-order chi connectivity index (χ1) is 12.7. The topological polar surface area (TPSA) is 72.1 Å². The van der Waals surface area contributed by atoms with Gasteiger partial charge in [-0.3, -0.25) is 9.78 Å². The van der Waals surface area contributed by atoms with Gasteiger partial charge in [0.2, 0.25) is 5.91 Å². The summed E-state index contributed by atoms with van der Waals surface area (Å²) in [6, 6.07) is 13.9. The summed E-state index contributed by atoms with van der Waals surface area (Å²) in [5.41, 5.74) is 3.08. The van der Waals surface area contributed by atoms with E-state index in [0.29, 0.717) is 36.9 Å². The van der Waals surface area contributed by atoms with Crippen molar-refractivity contribution in [2.45, 2.75) is 32.2 Å². The van der Waals surface area contributed by atoms with Gasteiger partial charge in [0.05, 0.1) is 0 Å². The van der Waals surface area contributed by atoms with Crippen molar-refractivity contribution < 1.29 is 9.32 Å². The molecule has 1 aromatic carbocycles. The Morgan fingerprint density at radius 2 is 1.96 bits per heavy atom. The molecule has 1 aliphatic heterocycles. The van der Waals surface area contributed by atoms with Gasteiger partial charge in [-0.25, -0.2) is 0 Å². The lowest BCUT2D eigenvalue weighted by molar-refractivity contribution is -0.128. The van der Waals surface area contributed by atoms with Crippen LogP contribution in [-0.2, 0) is 17.8 Å². The SMILES string of the molecule is CCc1ccc(CN2CC(c3noc(-c4ccccn4)n3)CC2=O)cc1. The molecule has 0 bridgehead atoms. The summed E-state index contributed by atoms with van der Waals surface area (Å²) in [5.74, 6) is 1.04. The Kier molecular flexibility index (Phi) is 4.48. The standard InChI is InChI=1S/C20H20N4O2/c1-2-14-6-8-15(9-7-14)12-24-13-16(11-18(24)25)19-22-20(26-23-19)17-5-3-4-10-21-17/h3-10,16H,2,11-13H2,1H3. The highest BCUT2D eigenvalue weighted by molar-refractivity contribution is 5.79. The van der Waals surface area contributed by atoms with Crippen molar-refractivity contribution in [2.75, 3.05) is 6.54 Å². The molecule has 1 amide bonds. The highest BCUT2D eigenvalue weighted by Gasteiger charge is 2.33. The molecular formula is C20H20N4O2. The third-order valence-electron chi connectivity index (χ3n) is 4.71. The first kappa shape index (κ1) is 16.4. The van der Waals surface area contributed by atoms with E-state index >= 15 is 0 Å². The van der Waals surface area contributed by atoms with Crippen molar-refractivity contribution in [1.82, 2.24) is 20.0 Å². The second-order valence-electron chi connectivity index (χ2n) is 6.52. The summed E-state index contributed by atoms with van der Waals surface area (Å²) in [5, 5.41) is 4.07. The molecule has 26 heavy (non-hydrogen) atoms. The number of carbonyl (C=O) groups excluding carboxylic acids is 1. The lowest BCUT2D eigenvalue weighted by Gasteiger charge is -2.16. The Bertz CT molecular complexity index is 890. The van der Waals surface area contributed by atoms with Crippen molar-refractivity contribution in [3.63, 3.8) is 0 Å². The second kappa shape index (κ2) is 7.07. The maximum absolute atomic E-state index is 12.4. The zero-order chi connectivity index (χ0) is 17.9. The minimum Gasteiger partial charge on any atom is -0.338 e. The molecule has 1 fully saturated rings. The molecule has 6 heteroatoms. The van der Waals surface area contributed by atoms with Crippen LogP contribution in [0.3, 0.4) is 0 Å². The number of aromatic nitrogens is 3. The molecule has 0 saturated carbocycles. The van der Waals surface area contributed by atoms with E-state index in [1.807, 2.05) is 23.1 Å². The summed E-state index contributed by atoms with van der Waals surface area (Å²) in [7, 11) is 0. The average Bonchev–Trinajstić information content (AvgIpc) is 3.31. The van der Waals surface area contributed by atoms with E-state index in [-0.39, 0.29) is 11.8 Å². The fourth-order valence-electron chi connectivity index (χ4n) is 3.19. The van der Waals surface area contributed by atoms with Gasteiger partial charge in [0.1, 0.15) is 5.69 Å². The van der Waals surface area contributed by atoms with Crippen molar-refractivity contribution >= 4 is 5.91 Å². The Balaban J connectivity index is 1.45. The van der Waals surface area contributed by atoms with Gasteiger partial charge in [0, 0.05) is 31.6 Å². The van der Waals surface area contributed by atoms with Crippen molar-refractivity contribution in [3.8, 4) is 11.6 Å². The lowest BCUT2D eigenvalue weighted by Crippen LogP contribution is -2.24. The maximum atomic E-state index is 12.4. The predicted molar refractivity (Wildman–Crippen MR) is 96.1 cm³/mol. The van der Waals surface area contributed by atoms with Crippen LogP contribution >= 0.6 is 0 Å². The van der Waals surface area contributed by atoms with Crippen LogP contribution < -0.4 is 0 Å². The molecule has 1 saturated heterocycles. The van der Waals surface area contributed by atoms with Gasteiger partial charge in [0.25, 0.3) is 5.89 Å². The van der Waals surface area contributed by atoms with Crippen LogP contribution in [0.15, 0.2) is 53.2 Å². The predicted octanol–water partition coefficient (Wildman–Crippen LogP) is 3.21. The molecule has 1 atom stereocenters. The van der Waals surface area contributed by atoms with Gasteiger partial charge in [0.15, 0.2) is 5.82 Å². The smallest absolute Gasteiger partial charge is 0.276 e. The number of hydrogen-bond acceptors (Lipinski definition) is 5. The van der Waals surface area contributed by atoms with Gasteiger partial charge in [-0.2, -0.15) is 4.98 Å². The van der Waals surface area contributed by atoms with Crippen LogP contribution in [0.2, 0.25) is 0 Å². The number of carbonyl (C=O) groups is 1. The fraction of sp³-hybridized carbons (Fsp3) is 0.300. The van der Waals surface area contributed by atoms with Crippen LogP contribution in [0.25, 0.3) is 11.6 Å². The minimum atomic E-state index is -0.0429. The van der Waals surface area contributed by atoms with Crippen LogP contribution in [0.4, 0.5) is 0 Å². The fourth-order valence-corrected chi connectivity index (χ4v) is 3.19. The molecule has 1 aliphatic rings. The second-order valence-corrected chi connectivity index (χ2v) is 6.52. The van der Waals surface area contributed by atoms with Gasteiger partial charge in [-0.05, 0) is 29.7 Å². The number of rotatable bonds is 5.